The van der Waals surface area contributed by atoms with Gasteiger partial charge in [-0.1, -0.05) is 12.1 Å². The van der Waals surface area contributed by atoms with Crippen molar-refractivity contribution in [3.05, 3.63) is 65.7 Å². The lowest BCUT2D eigenvalue weighted by Gasteiger charge is -2.36. The Kier molecular flexibility index (Phi) is 6.99. The number of anilines is 1. The molecular formula is C21H24F2N4O2. The van der Waals surface area contributed by atoms with Crippen LogP contribution in [-0.2, 0) is 11.2 Å². The van der Waals surface area contributed by atoms with Crippen LogP contribution in [0.4, 0.5) is 19.3 Å². The van der Waals surface area contributed by atoms with Crippen molar-refractivity contribution in [1.82, 2.24) is 15.5 Å². The highest BCUT2D eigenvalue weighted by molar-refractivity contribution is 5.84. The Morgan fingerprint density at radius 1 is 0.897 bits per heavy atom. The number of amides is 3. The fraction of sp³-hybridized carbons (Fsp3) is 0.333. The molecular weight excluding hydrogens is 378 g/mol. The maximum Gasteiger partial charge on any atom is 0.317 e. The van der Waals surface area contributed by atoms with Gasteiger partial charge in [-0.05, 0) is 48.4 Å². The van der Waals surface area contributed by atoms with Crippen LogP contribution in [0.25, 0.3) is 0 Å². The number of carbonyl (C=O) groups is 2. The number of rotatable bonds is 6. The normalized spacial score (nSPS) is 13.9. The zero-order chi connectivity index (χ0) is 20.6. The Morgan fingerprint density at radius 3 is 2.31 bits per heavy atom. The molecule has 0 aliphatic carbocycles. The van der Waals surface area contributed by atoms with E-state index in [4.69, 9.17) is 0 Å². The van der Waals surface area contributed by atoms with E-state index in [1.807, 2.05) is 0 Å². The summed E-state index contributed by atoms with van der Waals surface area (Å²) in [7, 11) is 0. The number of halogens is 2. The molecule has 0 spiro atoms. The molecule has 0 radical (unpaired) electrons. The van der Waals surface area contributed by atoms with Crippen LogP contribution in [0, 0.1) is 11.6 Å². The molecule has 3 rings (SSSR count). The molecule has 6 nitrogen and oxygen atoms in total. The first-order chi connectivity index (χ1) is 14.0. The molecule has 8 heteroatoms. The highest BCUT2D eigenvalue weighted by Crippen LogP contribution is 2.16. The largest absolute Gasteiger partial charge is 0.368 e. The van der Waals surface area contributed by atoms with Gasteiger partial charge in [-0.15, -0.1) is 0 Å². The molecule has 29 heavy (non-hydrogen) atoms. The van der Waals surface area contributed by atoms with Gasteiger partial charge in [-0.3, -0.25) is 4.79 Å². The molecule has 2 aromatic carbocycles. The van der Waals surface area contributed by atoms with Crippen molar-refractivity contribution in [2.45, 2.75) is 6.42 Å². The summed E-state index contributed by atoms with van der Waals surface area (Å²) in [6.45, 7) is 2.57. The van der Waals surface area contributed by atoms with Crippen molar-refractivity contribution in [1.29, 1.82) is 0 Å². The second kappa shape index (κ2) is 9.86. The number of urea groups is 1. The van der Waals surface area contributed by atoms with Crippen LogP contribution in [0.5, 0.6) is 0 Å². The fourth-order valence-corrected chi connectivity index (χ4v) is 3.19. The number of hydrogen-bond acceptors (Lipinski definition) is 3. The highest BCUT2D eigenvalue weighted by atomic mass is 19.1. The number of nitrogens with zero attached hydrogens (tertiary/aromatic N) is 2. The van der Waals surface area contributed by atoms with Gasteiger partial charge in [0.05, 0.1) is 6.54 Å². The van der Waals surface area contributed by atoms with Crippen LogP contribution < -0.4 is 15.5 Å². The molecule has 1 saturated heterocycles. The third-order valence-corrected chi connectivity index (χ3v) is 4.78. The van der Waals surface area contributed by atoms with E-state index in [0.29, 0.717) is 39.1 Å². The summed E-state index contributed by atoms with van der Waals surface area (Å²) in [4.78, 5) is 27.9. The van der Waals surface area contributed by atoms with Crippen LogP contribution >= 0.6 is 0 Å². The zero-order valence-electron chi connectivity index (χ0n) is 16.0. The molecule has 0 aromatic heterocycles. The van der Waals surface area contributed by atoms with Gasteiger partial charge in [0, 0.05) is 38.4 Å². The summed E-state index contributed by atoms with van der Waals surface area (Å²) in [5.74, 6) is -0.874. The van der Waals surface area contributed by atoms with Crippen molar-refractivity contribution in [3.8, 4) is 0 Å². The molecule has 3 amide bonds. The van der Waals surface area contributed by atoms with Gasteiger partial charge in [0.15, 0.2) is 0 Å². The third kappa shape index (κ3) is 6.17. The first kappa shape index (κ1) is 20.6. The predicted octanol–water partition coefficient (Wildman–Crippen LogP) is 2.16. The molecule has 1 aliphatic heterocycles. The van der Waals surface area contributed by atoms with Crippen LogP contribution in [0.15, 0.2) is 48.5 Å². The number of carbonyl (C=O) groups excluding carboxylic acids is 2. The second-order valence-electron chi connectivity index (χ2n) is 6.84. The molecule has 2 aromatic rings. The first-order valence-corrected chi connectivity index (χ1v) is 9.56. The number of hydrogen-bond donors (Lipinski definition) is 2. The minimum Gasteiger partial charge on any atom is -0.368 e. The van der Waals surface area contributed by atoms with E-state index in [1.165, 1.54) is 24.3 Å². The quantitative estimate of drug-likeness (QED) is 0.778. The Morgan fingerprint density at radius 2 is 1.62 bits per heavy atom. The smallest absolute Gasteiger partial charge is 0.317 e. The van der Waals surface area contributed by atoms with Gasteiger partial charge in [0.25, 0.3) is 0 Å². The summed E-state index contributed by atoms with van der Waals surface area (Å²) < 4.78 is 26.1. The van der Waals surface area contributed by atoms with E-state index < -0.39 is 0 Å². The third-order valence-electron chi connectivity index (χ3n) is 4.78. The van der Waals surface area contributed by atoms with Gasteiger partial charge in [-0.2, -0.15) is 0 Å². The monoisotopic (exact) mass is 402 g/mol. The van der Waals surface area contributed by atoms with Crippen LogP contribution in [0.1, 0.15) is 5.56 Å². The standard InChI is InChI=1S/C21H24F2N4O2/c22-17-4-6-19(7-5-17)26-10-12-27(13-11-26)21(29)25-15-20(28)24-9-8-16-2-1-3-18(23)14-16/h1-7,14H,8-13,15H2,(H,24,28)(H,25,29). The summed E-state index contributed by atoms with van der Waals surface area (Å²) >= 11 is 0. The SMILES string of the molecule is O=C(CNC(=O)N1CCN(c2ccc(F)cc2)CC1)NCCc1cccc(F)c1. The molecule has 154 valence electrons. The average molecular weight is 402 g/mol. The lowest BCUT2D eigenvalue weighted by atomic mass is 10.1. The fourth-order valence-electron chi connectivity index (χ4n) is 3.19. The van der Waals surface area contributed by atoms with E-state index in [9.17, 15) is 18.4 Å². The number of benzene rings is 2. The van der Waals surface area contributed by atoms with Crippen LogP contribution in [-0.4, -0.2) is 56.1 Å². The van der Waals surface area contributed by atoms with Crippen LogP contribution in [0.2, 0.25) is 0 Å². The van der Waals surface area contributed by atoms with E-state index >= 15 is 0 Å². The van der Waals surface area contributed by atoms with E-state index in [0.717, 1.165) is 11.3 Å². The minimum absolute atomic E-state index is 0.111. The number of piperazine rings is 1. The topological polar surface area (TPSA) is 64.7 Å². The lowest BCUT2D eigenvalue weighted by molar-refractivity contribution is -0.120. The second-order valence-corrected chi connectivity index (χ2v) is 6.84. The van der Waals surface area contributed by atoms with E-state index in [2.05, 4.69) is 15.5 Å². The summed E-state index contributed by atoms with van der Waals surface area (Å²) in [5, 5.41) is 5.33. The summed E-state index contributed by atoms with van der Waals surface area (Å²) in [6.07, 6.45) is 0.517. The molecule has 0 unspecified atom stereocenters. The highest BCUT2D eigenvalue weighted by Gasteiger charge is 2.21. The van der Waals surface area contributed by atoms with Crippen molar-refractivity contribution in [2.75, 3.05) is 44.2 Å². The minimum atomic E-state index is -0.305. The maximum atomic E-state index is 13.1. The Hall–Kier alpha value is -3.16. The van der Waals surface area contributed by atoms with Gasteiger partial charge >= 0.3 is 6.03 Å². The Balaban J connectivity index is 1.34. The van der Waals surface area contributed by atoms with Gasteiger partial charge in [-0.25, -0.2) is 13.6 Å². The molecule has 0 saturated carbocycles. The summed E-state index contributed by atoms with van der Waals surface area (Å²) in [6, 6.07) is 12.2. The summed E-state index contributed by atoms with van der Waals surface area (Å²) in [5.41, 5.74) is 1.72. The first-order valence-electron chi connectivity index (χ1n) is 9.56. The Bertz CT molecular complexity index is 837. The predicted molar refractivity (Wildman–Crippen MR) is 107 cm³/mol. The van der Waals surface area contributed by atoms with E-state index in [1.54, 1.807) is 29.2 Å². The zero-order valence-corrected chi connectivity index (χ0v) is 16.0. The van der Waals surface area contributed by atoms with Gasteiger partial charge in [0.1, 0.15) is 11.6 Å². The van der Waals surface area contributed by atoms with E-state index in [-0.39, 0.29) is 30.1 Å². The molecule has 2 N–H and O–H groups in total. The average Bonchev–Trinajstić information content (AvgIpc) is 2.73. The molecule has 0 bridgehead atoms. The van der Waals surface area contributed by atoms with Gasteiger partial charge in [0.2, 0.25) is 5.91 Å². The number of nitrogens with one attached hydrogen (secondary N) is 2. The molecule has 0 atom stereocenters. The van der Waals surface area contributed by atoms with Crippen LogP contribution in [0.3, 0.4) is 0 Å². The van der Waals surface area contributed by atoms with Crippen molar-refractivity contribution in [2.24, 2.45) is 0 Å². The van der Waals surface area contributed by atoms with Crippen molar-refractivity contribution < 1.29 is 18.4 Å². The molecule has 1 fully saturated rings. The molecule has 1 heterocycles. The van der Waals surface area contributed by atoms with Crippen molar-refractivity contribution >= 4 is 17.6 Å². The lowest BCUT2D eigenvalue weighted by Crippen LogP contribution is -2.53. The maximum absolute atomic E-state index is 13.1. The van der Waals surface area contributed by atoms with Gasteiger partial charge < -0.3 is 20.4 Å². The van der Waals surface area contributed by atoms with Crippen molar-refractivity contribution in [3.63, 3.8) is 0 Å². The Labute approximate surface area is 168 Å². The molecule has 1 aliphatic rings.